The van der Waals surface area contributed by atoms with Crippen LogP contribution in [0.3, 0.4) is 0 Å². The van der Waals surface area contributed by atoms with E-state index in [4.69, 9.17) is 0 Å². The molecule has 0 atom stereocenters. The van der Waals surface area contributed by atoms with Gasteiger partial charge in [0.25, 0.3) is 0 Å². The van der Waals surface area contributed by atoms with Crippen LogP contribution in [0.1, 0.15) is 16.8 Å². The molecule has 0 spiro atoms. The van der Waals surface area contributed by atoms with Gasteiger partial charge >= 0.3 is 0 Å². The molecule has 0 radical (unpaired) electrons. The summed E-state index contributed by atoms with van der Waals surface area (Å²) in [6.07, 6.45) is 4.05. The second kappa shape index (κ2) is 7.58. The first kappa shape index (κ1) is 14.4. The molecule has 0 saturated heterocycles. The van der Waals surface area contributed by atoms with E-state index in [0.717, 1.165) is 18.7 Å². The lowest BCUT2D eigenvalue weighted by Gasteiger charge is -2.11. The molecule has 0 unspecified atom stereocenters. The Kier molecular flexibility index (Phi) is 6.05. The van der Waals surface area contributed by atoms with Gasteiger partial charge in [-0.2, -0.15) is 0 Å². The zero-order valence-corrected chi connectivity index (χ0v) is 10.9. The predicted molar refractivity (Wildman–Crippen MR) is 76.1 cm³/mol. The van der Waals surface area contributed by atoms with Gasteiger partial charge in [0.05, 0.1) is 0 Å². The van der Waals surface area contributed by atoms with Gasteiger partial charge in [0.1, 0.15) is 0 Å². The van der Waals surface area contributed by atoms with Crippen molar-refractivity contribution in [2.45, 2.75) is 12.8 Å². The number of pyridine rings is 1. The fourth-order valence-corrected chi connectivity index (χ4v) is 1.75. The highest BCUT2D eigenvalue weighted by molar-refractivity contribution is 5.37. The van der Waals surface area contributed by atoms with Crippen LogP contribution in [0.2, 0.25) is 0 Å². The second-order valence-corrected chi connectivity index (χ2v) is 4.17. The van der Waals surface area contributed by atoms with E-state index in [1.165, 1.54) is 17.5 Å². The number of likely N-dealkylation sites (N-methyl/N-ethyl adjacent to an activating group) is 1. The van der Waals surface area contributed by atoms with Crippen molar-refractivity contribution in [2.75, 3.05) is 13.6 Å². The van der Waals surface area contributed by atoms with E-state index in [-0.39, 0.29) is 6.15 Å². The van der Waals surface area contributed by atoms with E-state index in [0.29, 0.717) is 0 Å². The summed E-state index contributed by atoms with van der Waals surface area (Å²) in [4.78, 5) is 4.18. The minimum Gasteiger partial charge on any atom is -0.344 e. The largest absolute Gasteiger partial charge is 0.344 e. The molecule has 18 heavy (non-hydrogen) atoms. The van der Waals surface area contributed by atoms with Crippen molar-refractivity contribution in [1.29, 1.82) is 0 Å². The van der Waals surface area contributed by atoms with Crippen molar-refractivity contribution < 1.29 is 0 Å². The average Bonchev–Trinajstić information content (AvgIpc) is 2.38. The smallest absolute Gasteiger partial charge is 0.0416 e. The van der Waals surface area contributed by atoms with Gasteiger partial charge in [-0.05, 0) is 36.7 Å². The van der Waals surface area contributed by atoms with Crippen LogP contribution >= 0.6 is 0 Å². The zero-order chi connectivity index (χ0) is 11.9. The van der Waals surface area contributed by atoms with Crippen molar-refractivity contribution in [2.24, 2.45) is 0 Å². The van der Waals surface area contributed by atoms with Crippen molar-refractivity contribution in [3.63, 3.8) is 0 Å². The molecular formula is C15H21N3. The topological polar surface area (TPSA) is 59.9 Å². The third kappa shape index (κ3) is 4.28. The summed E-state index contributed by atoms with van der Waals surface area (Å²) in [6, 6.07) is 14.6. The summed E-state index contributed by atoms with van der Waals surface area (Å²) in [5.41, 5.74) is 4.12. The van der Waals surface area contributed by atoms with Crippen LogP contribution in [0, 0.1) is 0 Å². The molecule has 0 saturated carbocycles. The maximum atomic E-state index is 4.18. The lowest BCUT2D eigenvalue weighted by molar-refractivity contribution is 0.776. The van der Waals surface area contributed by atoms with Gasteiger partial charge in [-0.1, -0.05) is 30.3 Å². The minimum atomic E-state index is 0. The van der Waals surface area contributed by atoms with Gasteiger partial charge in [-0.3, -0.25) is 4.98 Å². The van der Waals surface area contributed by atoms with Crippen LogP contribution in [-0.4, -0.2) is 18.6 Å². The van der Waals surface area contributed by atoms with Crippen LogP contribution in [0.15, 0.2) is 48.7 Å². The van der Waals surface area contributed by atoms with Crippen molar-refractivity contribution in [3.05, 3.63) is 65.5 Å². The number of hydrogen-bond acceptors (Lipinski definition) is 3. The summed E-state index contributed by atoms with van der Waals surface area (Å²) in [5.74, 6) is 0. The molecule has 1 aromatic heterocycles. The van der Waals surface area contributed by atoms with Gasteiger partial charge in [0.2, 0.25) is 0 Å². The molecule has 3 heteroatoms. The van der Waals surface area contributed by atoms with Crippen LogP contribution in [0.5, 0.6) is 0 Å². The van der Waals surface area contributed by atoms with E-state index in [9.17, 15) is 0 Å². The Balaban J connectivity index is 0.000000178. The Morgan fingerprint density at radius 1 is 1.11 bits per heavy atom. The van der Waals surface area contributed by atoms with Crippen molar-refractivity contribution in [3.8, 4) is 0 Å². The van der Waals surface area contributed by atoms with E-state index in [1.807, 2.05) is 31.4 Å². The molecular weight excluding hydrogens is 222 g/mol. The molecule has 2 aliphatic rings. The number of nitrogens with one attached hydrogen (secondary N) is 1. The van der Waals surface area contributed by atoms with Crippen LogP contribution < -0.4 is 11.5 Å². The molecule has 0 amide bonds. The predicted octanol–water partition coefficient (Wildman–Crippen LogP) is 2.60. The highest BCUT2D eigenvalue weighted by Crippen LogP contribution is 2.18. The maximum Gasteiger partial charge on any atom is 0.0416 e. The molecule has 1 heterocycles. The average molecular weight is 243 g/mol. The third-order valence-corrected chi connectivity index (χ3v) is 2.76. The van der Waals surface area contributed by atoms with Crippen molar-refractivity contribution in [1.82, 2.24) is 16.5 Å². The first-order chi connectivity index (χ1) is 8.38. The lowest BCUT2D eigenvalue weighted by Crippen LogP contribution is -2.10. The molecule has 4 N–H and O–H groups in total. The summed E-state index contributed by atoms with van der Waals surface area (Å²) in [7, 11) is 1.95. The van der Waals surface area contributed by atoms with E-state index >= 15 is 0 Å². The Morgan fingerprint density at radius 2 is 1.83 bits per heavy atom. The highest BCUT2D eigenvalue weighted by atomic mass is 14.8. The van der Waals surface area contributed by atoms with Gasteiger partial charge in [0.15, 0.2) is 0 Å². The van der Waals surface area contributed by atoms with Crippen LogP contribution in [-0.2, 0) is 12.8 Å². The molecule has 0 fully saturated rings. The standard InChI is InChI=1S/C8H12N2.C7H6.H3N/c1-9-7-5-8-4-2-3-6-10-8;1-2-6-4-7(3-1)5-6;/h2-4,6,9H,5,7H2,1H3;1-4H,5H2;1H3. The zero-order valence-electron chi connectivity index (χ0n) is 10.9. The molecule has 96 valence electrons. The van der Waals surface area contributed by atoms with Gasteiger partial charge < -0.3 is 11.5 Å². The fourth-order valence-electron chi connectivity index (χ4n) is 1.75. The monoisotopic (exact) mass is 243 g/mol. The maximum absolute atomic E-state index is 4.18. The molecule has 4 rings (SSSR count). The molecule has 2 aliphatic carbocycles. The van der Waals surface area contributed by atoms with Crippen LogP contribution in [0.4, 0.5) is 0 Å². The first-order valence-electron chi connectivity index (χ1n) is 6.01. The SMILES string of the molecule is CNCCc1ccccn1.N.c1cc2cc(c1)C2. The Morgan fingerprint density at radius 3 is 2.22 bits per heavy atom. The van der Waals surface area contributed by atoms with E-state index in [2.05, 4.69) is 34.6 Å². The quantitative estimate of drug-likeness (QED) is 0.743. The van der Waals surface area contributed by atoms with Gasteiger partial charge in [0, 0.05) is 24.9 Å². The number of hydrogen-bond donors (Lipinski definition) is 2. The normalized spacial score (nSPS) is 10.5. The molecule has 0 aliphatic heterocycles. The third-order valence-electron chi connectivity index (χ3n) is 2.76. The molecule has 2 aromatic rings. The summed E-state index contributed by atoms with van der Waals surface area (Å²) in [5, 5.41) is 3.08. The Bertz CT molecular complexity index is 430. The van der Waals surface area contributed by atoms with E-state index < -0.39 is 0 Å². The lowest BCUT2D eigenvalue weighted by atomic mass is 9.94. The van der Waals surface area contributed by atoms with E-state index in [1.54, 1.807) is 0 Å². The fraction of sp³-hybridized carbons (Fsp3) is 0.267. The number of nitrogens with zero attached hydrogens (tertiary/aromatic N) is 1. The summed E-state index contributed by atoms with van der Waals surface area (Å²) in [6.45, 7) is 0.997. The second-order valence-electron chi connectivity index (χ2n) is 4.17. The summed E-state index contributed by atoms with van der Waals surface area (Å²) < 4.78 is 0. The van der Waals surface area contributed by atoms with Gasteiger partial charge in [-0.25, -0.2) is 0 Å². The number of aromatic nitrogens is 1. The Labute approximate surface area is 109 Å². The first-order valence-corrected chi connectivity index (χ1v) is 6.01. The highest BCUT2D eigenvalue weighted by Gasteiger charge is 2.04. The molecule has 1 aromatic carbocycles. The van der Waals surface area contributed by atoms with Crippen LogP contribution in [0.25, 0.3) is 0 Å². The molecule has 3 nitrogen and oxygen atoms in total. The molecule has 2 bridgehead atoms. The number of benzene rings is 1. The minimum absolute atomic E-state index is 0. The summed E-state index contributed by atoms with van der Waals surface area (Å²) >= 11 is 0. The van der Waals surface area contributed by atoms with Gasteiger partial charge in [-0.15, -0.1) is 0 Å². The Hall–Kier alpha value is -1.71. The number of fused-ring (bicyclic) bond motifs is 2. The number of rotatable bonds is 3. The van der Waals surface area contributed by atoms with Crippen molar-refractivity contribution >= 4 is 0 Å².